The minimum absolute atomic E-state index is 0.297. The summed E-state index contributed by atoms with van der Waals surface area (Å²) in [6, 6.07) is 0. The van der Waals surface area contributed by atoms with Crippen LogP contribution in [0.25, 0.3) is 0 Å². The van der Waals surface area contributed by atoms with Crippen LogP contribution in [0.4, 0.5) is 0 Å². The van der Waals surface area contributed by atoms with Crippen LogP contribution >= 0.6 is 0 Å². The molecule has 3 heteroatoms. The fourth-order valence-electron chi connectivity index (χ4n) is 1.65. The van der Waals surface area contributed by atoms with Gasteiger partial charge in [0.2, 0.25) is 0 Å². The number of nitrogens with zero attached hydrogens (tertiary/aromatic N) is 1. The molecule has 84 valence electrons. The van der Waals surface area contributed by atoms with E-state index in [0.29, 0.717) is 5.57 Å². The summed E-state index contributed by atoms with van der Waals surface area (Å²) in [5, 5.41) is 0. The van der Waals surface area contributed by atoms with Crippen molar-refractivity contribution in [1.82, 2.24) is 4.90 Å². The molecule has 1 aliphatic heterocycles. The van der Waals surface area contributed by atoms with Gasteiger partial charge in [0, 0.05) is 18.7 Å². The highest BCUT2D eigenvalue weighted by molar-refractivity contribution is 5.87. The lowest BCUT2D eigenvalue weighted by molar-refractivity contribution is -0.150. The molecule has 1 rings (SSSR count). The molecular formula is C12H19NO2. The molecular weight excluding hydrogens is 190 g/mol. The monoisotopic (exact) mass is 209 g/mol. The number of rotatable bonds is 4. The van der Waals surface area contributed by atoms with Gasteiger partial charge >= 0.3 is 5.97 Å². The molecule has 1 unspecified atom stereocenters. The van der Waals surface area contributed by atoms with Gasteiger partial charge in [-0.3, -0.25) is 4.90 Å². The molecule has 1 atom stereocenters. The summed E-state index contributed by atoms with van der Waals surface area (Å²) in [5.74, 6) is -0.342. The quantitative estimate of drug-likeness (QED) is 0.403. The third kappa shape index (κ3) is 3.51. The molecule has 0 spiro atoms. The Kier molecular flexibility index (Phi) is 4.56. The molecule has 0 N–H and O–H groups in total. The lowest BCUT2D eigenvalue weighted by Gasteiger charge is -2.31. The van der Waals surface area contributed by atoms with Crippen molar-refractivity contribution in [2.75, 3.05) is 13.1 Å². The molecule has 0 saturated carbocycles. The van der Waals surface area contributed by atoms with E-state index in [1.165, 1.54) is 6.42 Å². The summed E-state index contributed by atoms with van der Waals surface area (Å²) in [5.41, 5.74) is 0.429. The topological polar surface area (TPSA) is 29.5 Å². The predicted octanol–water partition coefficient (Wildman–Crippen LogP) is 2.10. The molecule has 0 aromatic rings. The normalized spacial score (nSPS) is 19.3. The van der Waals surface area contributed by atoms with Crippen LogP contribution in [0.2, 0.25) is 0 Å². The number of ether oxygens (including phenoxy) is 1. The number of likely N-dealkylation sites (tertiary alicyclic amines) is 1. The first-order valence-electron chi connectivity index (χ1n) is 5.38. The van der Waals surface area contributed by atoms with Crippen LogP contribution in [0.5, 0.6) is 0 Å². The molecule has 15 heavy (non-hydrogen) atoms. The van der Waals surface area contributed by atoms with Crippen LogP contribution < -0.4 is 0 Å². The minimum Gasteiger partial charge on any atom is -0.439 e. The number of esters is 1. The van der Waals surface area contributed by atoms with E-state index >= 15 is 0 Å². The molecule has 0 aromatic carbocycles. The second kappa shape index (κ2) is 5.71. The first-order chi connectivity index (χ1) is 7.15. The second-order valence-electron chi connectivity index (χ2n) is 3.91. The number of carbonyl (C=O) groups excluding carboxylic acids is 1. The SMILES string of the molecule is C=CC(OC(=O)C(=C)C)N1CCCCC1. The highest BCUT2D eigenvalue weighted by Gasteiger charge is 2.21. The Morgan fingerprint density at radius 1 is 1.40 bits per heavy atom. The Bertz CT molecular complexity index is 254. The van der Waals surface area contributed by atoms with Crippen LogP contribution in [0, 0.1) is 0 Å². The first kappa shape index (κ1) is 12.0. The van der Waals surface area contributed by atoms with Gasteiger partial charge in [0.1, 0.15) is 0 Å². The lowest BCUT2D eigenvalue weighted by atomic mass is 10.1. The van der Waals surface area contributed by atoms with Gasteiger partial charge in [-0.1, -0.05) is 19.6 Å². The van der Waals surface area contributed by atoms with Crippen LogP contribution in [0.15, 0.2) is 24.8 Å². The largest absolute Gasteiger partial charge is 0.439 e. The standard InChI is InChI=1S/C12H19NO2/c1-4-11(15-12(14)10(2)3)13-8-6-5-7-9-13/h4,11H,1-2,5-9H2,3H3. The van der Waals surface area contributed by atoms with E-state index < -0.39 is 0 Å². The summed E-state index contributed by atoms with van der Waals surface area (Å²) in [7, 11) is 0. The fourth-order valence-corrected chi connectivity index (χ4v) is 1.65. The van der Waals surface area contributed by atoms with E-state index in [1.54, 1.807) is 13.0 Å². The molecule has 1 fully saturated rings. The smallest absolute Gasteiger partial charge is 0.334 e. The number of piperidine rings is 1. The second-order valence-corrected chi connectivity index (χ2v) is 3.91. The van der Waals surface area contributed by atoms with E-state index in [1.807, 2.05) is 0 Å². The van der Waals surface area contributed by atoms with E-state index in [0.717, 1.165) is 25.9 Å². The average molecular weight is 209 g/mol. The van der Waals surface area contributed by atoms with Gasteiger partial charge in [-0.05, 0) is 25.8 Å². The zero-order valence-electron chi connectivity index (χ0n) is 9.37. The van der Waals surface area contributed by atoms with Crippen LogP contribution in [0.3, 0.4) is 0 Å². The Morgan fingerprint density at radius 2 is 2.00 bits per heavy atom. The van der Waals surface area contributed by atoms with E-state index in [9.17, 15) is 4.79 Å². The molecule has 0 radical (unpaired) electrons. The average Bonchev–Trinajstić information content (AvgIpc) is 2.26. The molecule has 0 bridgehead atoms. The van der Waals surface area contributed by atoms with Crippen molar-refractivity contribution >= 4 is 5.97 Å². The van der Waals surface area contributed by atoms with Crippen LogP contribution in [-0.2, 0) is 9.53 Å². The Balaban J connectivity index is 2.50. The van der Waals surface area contributed by atoms with E-state index in [-0.39, 0.29) is 12.2 Å². The first-order valence-corrected chi connectivity index (χ1v) is 5.38. The third-order valence-corrected chi connectivity index (χ3v) is 2.53. The van der Waals surface area contributed by atoms with Crippen LogP contribution in [-0.4, -0.2) is 30.2 Å². The van der Waals surface area contributed by atoms with Crippen molar-refractivity contribution in [2.24, 2.45) is 0 Å². The summed E-state index contributed by atoms with van der Waals surface area (Å²) in [4.78, 5) is 13.5. The van der Waals surface area contributed by atoms with Crippen molar-refractivity contribution in [3.05, 3.63) is 24.8 Å². The van der Waals surface area contributed by atoms with Crippen molar-refractivity contribution in [3.8, 4) is 0 Å². The summed E-state index contributed by atoms with van der Waals surface area (Å²) in [6.07, 6.45) is 4.96. The molecule has 1 heterocycles. The molecule has 3 nitrogen and oxygen atoms in total. The zero-order chi connectivity index (χ0) is 11.3. The maximum absolute atomic E-state index is 11.4. The van der Waals surface area contributed by atoms with Crippen molar-refractivity contribution < 1.29 is 9.53 Å². The Morgan fingerprint density at radius 3 is 2.47 bits per heavy atom. The van der Waals surface area contributed by atoms with Gasteiger partial charge < -0.3 is 4.74 Å². The lowest BCUT2D eigenvalue weighted by Crippen LogP contribution is -2.40. The molecule has 0 aliphatic carbocycles. The van der Waals surface area contributed by atoms with E-state index in [2.05, 4.69) is 18.1 Å². The maximum atomic E-state index is 11.4. The molecule has 0 aromatic heterocycles. The van der Waals surface area contributed by atoms with Gasteiger partial charge in [0.05, 0.1) is 0 Å². The van der Waals surface area contributed by atoms with Crippen molar-refractivity contribution in [2.45, 2.75) is 32.4 Å². The number of hydrogen-bond acceptors (Lipinski definition) is 3. The molecule has 1 saturated heterocycles. The maximum Gasteiger partial charge on any atom is 0.334 e. The highest BCUT2D eigenvalue weighted by atomic mass is 16.6. The van der Waals surface area contributed by atoms with Crippen LogP contribution in [0.1, 0.15) is 26.2 Å². The summed E-state index contributed by atoms with van der Waals surface area (Å²) >= 11 is 0. The predicted molar refractivity (Wildman–Crippen MR) is 60.3 cm³/mol. The van der Waals surface area contributed by atoms with Gasteiger partial charge in [0.15, 0.2) is 6.23 Å². The van der Waals surface area contributed by atoms with Crippen molar-refractivity contribution in [1.29, 1.82) is 0 Å². The van der Waals surface area contributed by atoms with Gasteiger partial charge in [-0.2, -0.15) is 0 Å². The number of carbonyl (C=O) groups is 1. The summed E-state index contributed by atoms with van der Waals surface area (Å²) < 4.78 is 5.27. The Hall–Kier alpha value is -1.09. The Labute approximate surface area is 91.4 Å². The van der Waals surface area contributed by atoms with E-state index in [4.69, 9.17) is 4.74 Å². The third-order valence-electron chi connectivity index (χ3n) is 2.53. The fraction of sp³-hybridized carbons (Fsp3) is 0.583. The number of hydrogen-bond donors (Lipinski definition) is 0. The van der Waals surface area contributed by atoms with Gasteiger partial charge in [-0.15, -0.1) is 0 Å². The van der Waals surface area contributed by atoms with Gasteiger partial charge in [-0.25, -0.2) is 4.79 Å². The minimum atomic E-state index is -0.342. The zero-order valence-corrected chi connectivity index (χ0v) is 9.37. The molecule has 0 amide bonds. The van der Waals surface area contributed by atoms with Gasteiger partial charge in [0.25, 0.3) is 0 Å². The summed E-state index contributed by atoms with van der Waals surface area (Å²) in [6.45, 7) is 10.9. The molecule has 1 aliphatic rings. The van der Waals surface area contributed by atoms with Crippen molar-refractivity contribution in [3.63, 3.8) is 0 Å². The highest BCUT2D eigenvalue weighted by Crippen LogP contribution is 2.14.